The van der Waals surface area contributed by atoms with Crippen molar-refractivity contribution < 1.29 is 4.74 Å². The average molecular weight is 357 g/mol. The molecule has 3 heterocycles. The van der Waals surface area contributed by atoms with Crippen molar-refractivity contribution in [2.45, 2.75) is 32.4 Å². The lowest BCUT2D eigenvalue weighted by Gasteiger charge is -2.33. The number of ether oxygens (including phenoxy) is 1. The summed E-state index contributed by atoms with van der Waals surface area (Å²) in [6, 6.07) is 17.3. The maximum Gasteiger partial charge on any atom is 0.122 e. The number of hydrogen-bond donors (Lipinski definition) is 0. The molecule has 27 heavy (non-hydrogen) atoms. The molecule has 0 amide bonds. The van der Waals surface area contributed by atoms with Crippen molar-refractivity contribution in [3.63, 3.8) is 0 Å². The van der Waals surface area contributed by atoms with Crippen LogP contribution in [0.2, 0.25) is 0 Å². The molecule has 1 atom stereocenters. The summed E-state index contributed by atoms with van der Waals surface area (Å²) in [5.41, 5.74) is 6.97. The molecule has 2 aliphatic rings. The van der Waals surface area contributed by atoms with Crippen molar-refractivity contribution in [2.24, 2.45) is 0 Å². The molecule has 5 rings (SSSR count). The van der Waals surface area contributed by atoms with Gasteiger partial charge in [0.25, 0.3) is 0 Å². The molecule has 0 N–H and O–H groups in total. The Morgan fingerprint density at radius 3 is 2.81 bits per heavy atom. The summed E-state index contributed by atoms with van der Waals surface area (Å²) in [7, 11) is 0. The van der Waals surface area contributed by atoms with E-state index in [0.717, 1.165) is 60.9 Å². The normalized spacial score (nSPS) is 17.1. The average Bonchev–Trinajstić information content (AvgIpc) is 3.21. The van der Waals surface area contributed by atoms with E-state index in [9.17, 15) is 0 Å². The number of fused-ring (bicyclic) bond motifs is 2. The summed E-state index contributed by atoms with van der Waals surface area (Å²) in [5.74, 6) is 1.06. The molecule has 0 radical (unpaired) electrons. The number of benzene rings is 2. The van der Waals surface area contributed by atoms with E-state index >= 15 is 0 Å². The molecule has 4 heteroatoms. The third-order valence-electron chi connectivity index (χ3n) is 5.74. The van der Waals surface area contributed by atoms with Crippen LogP contribution in [0.5, 0.6) is 5.75 Å². The number of hydrogen-bond acceptors (Lipinski definition) is 4. The van der Waals surface area contributed by atoms with Gasteiger partial charge in [-0.05, 0) is 24.1 Å². The van der Waals surface area contributed by atoms with Crippen molar-refractivity contribution >= 4 is 0 Å². The monoisotopic (exact) mass is 357 g/mol. The smallest absolute Gasteiger partial charge is 0.122 e. The van der Waals surface area contributed by atoms with E-state index in [1.807, 2.05) is 24.4 Å². The van der Waals surface area contributed by atoms with Gasteiger partial charge in [-0.25, -0.2) is 4.98 Å². The van der Waals surface area contributed by atoms with Gasteiger partial charge >= 0.3 is 0 Å². The standard InChI is InChI=1S/C23H23N3O/c1-16(19-8-7-18-10-12-27-23(18)13-19)26-11-9-20-22(15-26)24-14-21(25-20)17-5-3-2-4-6-17/h2-8,13-14,16H,9-12,15H2,1H3. The zero-order chi connectivity index (χ0) is 18.2. The van der Waals surface area contributed by atoms with Gasteiger partial charge in [-0.15, -0.1) is 0 Å². The summed E-state index contributed by atoms with van der Waals surface area (Å²) < 4.78 is 5.75. The first-order chi connectivity index (χ1) is 13.3. The fraction of sp³-hybridized carbons (Fsp3) is 0.304. The minimum atomic E-state index is 0.336. The molecule has 0 saturated carbocycles. The van der Waals surface area contributed by atoms with E-state index in [1.165, 1.54) is 11.1 Å². The summed E-state index contributed by atoms with van der Waals surface area (Å²) in [5, 5.41) is 0. The Balaban J connectivity index is 1.36. The fourth-order valence-corrected chi connectivity index (χ4v) is 4.04. The minimum Gasteiger partial charge on any atom is -0.493 e. The number of nitrogens with zero attached hydrogens (tertiary/aromatic N) is 3. The maximum absolute atomic E-state index is 5.75. The Morgan fingerprint density at radius 2 is 1.93 bits per heavy atom. The van der Waals surface area contributed by atoms with Gasteiger partial charge in [0.2, 0.25) is 0 Å². The van der Waals surface area contributed by atoms with Crippen LogP contribution in [0.4, 0.5) is 0 Å². The highest BCUT2D eigenvalue weighted by molar-refractivity contribution is 5.58. The topological polar surface area (TPSA) is 38.2 Å². The minimum absolute atomic E-state index is 0.336. The molecule has 0 fully saturated rings. The predicted octanol–water partition coefficient (Wildman–Crippen LogP) is 4.20. The number of rotatable bonds is 3. The molecule has 3 aromatic rings. The molecule has 1 unspecified atom stereocenters. The lowest BCUT2D eigenvalue weighted by molar-refractivity contribution is 0.187. The van der Waals surface area contributed by atoms with Gasteiger partial charge in [0, 0.05) is 37.5 Å². The molecule has 2 aromatic carbocycles. The van der Waals surface area contributed by atoms with Crippen LogP contribution in [0.15, 0.2) is 54.7 Å². The Bertz CT molecular complexity index is 971. The highest BCUT2D eigenvalue weighted by Crippen LogP contribution is 2.32. The maximum atomic E-state index is 5.75. The van der Waals surface area contributed by atoms with Crippen LogP contribution < -0.4 is 4.74 Å². The predicted molar refractivity (Wildman–Crippen MR) is 106 cm³/mol. The Labute approximate surface area is 159 Å². The second-order valence-electron chi connectivity index (χ2n) is 7.38. The van der Waals surface area contributed by atoms with E-state index in [0.29, 0.717) is 6.04 Å². The van der Waals surface area contributed by atoms with Gasteiger partial charge in [0.1, 0.15) is 5.75 Å². The van der Waals surface area contributed by atoms with Gasteiger partial charge in [-0.1, -0.05) is 42.5 Å². The molecule has 2 aliphatic heterocycles. The first kappa shape index (κ1) is 16.5. The Morgan fingerprint density at radius 1 is 1.04 bits per heavy atom. The van der Waals surface area contributed by atoms with Crippen molar-refractivity contribution in [2.75, 3.05) is 13.2 Å². The van der Waals surface area contributed by atoms with Gasteiger partial charge in [-0.2, -0.15) is 0 Å². The lowest BCUT2D eigenvalue weighted by Crippen LogP contribution is -2.34. The molecule has 0 saturated heterocycles. The van der Waals surface area contributed by atoms with Crippen molar-refractivity contribution in [3.05, 3.63) is 77.2 Å². The van der Waals surface area contributed by atoms with Gasteiger partial charge in [0.05, 0.1) is 29.9 Å². The van der Waals surface area contributed by atoms with Crippen LogP contribution in [0, 0.1) is 0 Å². The summed E-state index contributed by atoms with van der Waals surface area (Å²) >= 11 is 0. The zero-order valence-electron chi connectivity index (χ0n) is 15.6. The molecular weight excluding hydrogens is 334 g/mol. The number of aromatic nitrogens is 2. The zero-order valence-corrected chi connectivity index (χ0v) is 15.6. The molecule has 136 valence electrons. The summed E-state index contributed by atoms with van der Waals surface area (Å²) in [4.78, 5) is 12.1. The highest BCUT2D eigenvalue weighted by Gasteiger charge is 2.25. The van der Waals surface area contributed by atoms with Crippen LogP contribution in [0.25, 0.3) is 11.3 Å². The molecule has 1 aromatic heterocycles. The van der Waals surface area contributed by atoms with E-state index in [4.69, 9.17) is 14.7 Å². The van der Waals surface area contributed by atoms with Gasteiger partial charge < -0.3 is 4.74 Å². The third-order valence-corrected chi connectivity index (χ3v) is 5.74. The van der Waals surface area contributed by atoms with Crippen molar-refractivity contribution in [1.82, 2.24) is 14.9 Å². The quantitative estimate of drug-likeness (QED) is 0.704. The first-order valence-corrected chi connectivity index (χ1v) is 9.68. The summed E-state index contributed by atoms with van der Waals surface area (Å²) in [6.45, 7) is 4.92. The van der Waals surface area contributed by atoms with Crippen LogP contribution in [0.3, 0.4) is 0 Å². The molecular formula is C23H23N3O. The van der Waals surface area contributed by atoms with E-state index < -0.39 is 0 Å². The van der Waals surface area contributed by atoms with E-state index in [2.05, 4.69) is 42.2 Å². The largest absolute Gasteiger partial charge is 0.493 e. The molecule has 4 nitrogen and oxygen atoms in total. The van der Waals surface area contributed by atoms with Crippen molar-refractivity contribution in [3.8, 4) is 17.0 Å². The first-order valence-electron chi connectivity index (χ1n) is 9.68. The second kappa shape index (κ2) is 6.78. The van der Waals surface area contributed by atoms with Gasteiger partial charge in [-0.3, -0.25) is 9.88 Å². The fourth-order valence-electron chi connectivity index (χ4n) is 4.04. The van der Waals surface area contributed by atoms with E-state index in [-0.39, 0.29) is 0 Å². The molecule has 0 bridgehead atoms. The van der Waals surface area contributed by atoms with Crippen LogP contribution in [0.1, 0.15) is 35.5 Å². The summed E-state index contributed by atoms with van der Waals surface area (Å²) in [6.07, 6.45) is 3.88. The lowest BCUT2D eigenvalue weighted by atomic mass is 10.0. The van der Waals surface area contributed by atoms with Crippen LogP contribution in [-0.4, -0.2) is 28.0 Å². The van der Waals surface area contributed by atoms with E-state index in [1.54, 1.807) is 0 Å². The van der Waals surface area contributed by atoms with Crippen LogP contribution >= 0.6 is 0 Å². The van der Waals surface area contributed by atoms with Crippen molar-refractivity contribution in [1.29, 1.82) is 0 Å². The molecule has 0 aliphatic carbocycles. The highest BCUT2D eigenvalue weighted by atomic mass is 16.5. The Kier molecular flexibility index (Phi) is 4.13. The van der Waals surface area contributed by atoms with Crippen LogP contribution in [-0.2, 0) is 19.4 Å². The second-order valence-corrected chi connectivity index (χ2v) is 7.38. The van der Waals surface area contributed by atoms with Gasteiger partial charge in [0.15, 0.2) is 0 Å². The SMILES string of the molecule is CC(c1ccc2c(c1)OCC2)N1CCc2nc(-c3ccccc3)cnc2C1. The Hall–Kier alpha value is -2.72. The molecule has 0 spiro atoms. The third kappa shape index (κ3) is 3.10.